The maximum Gasteiger partial charge on any atom is 0.573 e. The van der Waals surface area contributed by atoms with E-state index in [1.165, 1.54) is 6.07 Å². The number of ether oxygens (including phenoxy) is 3. The summed E-state index contributed by atoms with van der Waals surface area (Å²) in [5.74, 6) is -2.71. The van der Waals surface area contributed by atoms with Crippen LogP contribution in [0.15, 0.2) is 54.7 Å². The fourth-order valence-electron chi connectivity index (χ4n) is 2.67. The van der Waals surface area contributed by atoms with E-state index in [0.717, 1.165) is 42.5 Å². The summed E-state index contributed by atoms with van der Waals surface area (Å²) in [6.07, 6.45) is -16.4. The molecule has 0 fully saturated rings. The van der Waals surface area contributed by atoms with Crippen LogP contribution in [0.2, 0.25) is 0 Å². The smallest absolute Gasteiger partial charge is 0.406 e. The van der Waals surface area contributed by atoms with E-state index in [4.69, 9.17) is 0 Å². The molecule has 3 rings (SSSR count). The largest absolute Gasteiger partial charge is 0.573 e. The number of anilines is 1. The third-order valence-corrected chi connectivity index (χ3v) is 3.87. The fourth-order valence-corrected chi connectivity index (χ4v) is 2.67. The number of para-hydroxylation sites is 2. The Kier molecular flexibility index (Phi) is 6.75. The first-order valence-corrected chi connectivity index (χ1v) is 8.97. The molecule has 0 unspecified atom stereocenters. The minimum Gasteiger partial charge on any atom is -0.406 e. The van der Waals surface area contributed by atoms with E-state index in [9.17, 15) is 44.3 Å². The molecule has 0 bridgehead atoms. The Morgan fingerprint density at radius 3 is 1.97 bits per heavy atom. The van der Waals surface area contributed by atoms with Crippen LogP contribution in [0.4, 0.5) is 50.0 Å². The third-order valence-electron chi connectivity index (χ3n) is 3.87. The van der Waals surface area contributed by atoms with Crippen LogP contribution in [-0.4, -0.2) is 28.6 Å². The van der Waals surface area contributed by atoms with Crippen molar-refractivity contribution in [3.8, 4) is 22.9 Å². The number of rotatable bonds is 5. The number of nitrogens with zero attached hydrogens (tertiary/aromatic N) is 2. The maximum atomic E-state index is 13.7. The molecule has 3 aromatic rings. The van der Waals surface area contributed by atoms with Crippen molar-refractivity contribution in [2.75, 3.05) is 5.32 Å². The number of hydrogen-bond donors (Lipinski definition) is 1. The molecule has 35 heavy (non-hydrogen) atoms. The summed E-state index contributed by atoms with van der Waals surface area (Å²) >= 11 is 0. The third kappa shape index (κ3) is 6.94. The lowest BCUT2D eigenvalue weighted by Crippen LogP contribution is -2.22. The lowest BCUT2D eigenvalue weighted by Gasteiger charge is -2.15. The lowest BCUT2D eigenvalue weighted by molar-refractivity contribution is -0.275. The number of hydrogen-bond acceptors (Lipinski definition) is 5. The van der Waals surface area contributed by atoms with Gasteiger partial charge < -0.3 is 14.2 Å². The molecule has 1 N–H and O–H groups in total. The molecule has 0 spiro atoms. The van der Waals surface area contributed by atoms with Gasteiger partial charge >= 0.3 is 25.0 Å². The Balaban J connectivity index is 1.85. The standard InChI is InChI=1S/C19H10F9N3O4/c20-17(21,22)15-14(9-29-31(15)10-5-7-11(8-6-10)34-18(23,24)25)33-16(32)30-12-3-1-2-4-13(12)35-19(26,27)28/h1-9H,(H,30,32). The highest BCUT2D eigenvalue weighted by atomic mass is 19.4. The molecule has 0 saturated heterocycles. The van der Waals surface area contributed by atoms with Crippen LogP contribution in [0.5, 0.6) is 17.2 Å². The molecule has 7 nitrogen and oxygen atoms in total. The molecule has 0 radical (unpaired) electrons. The van der Waals surface area contributed by atoms with Crippen molar-refractivity contribution in [3.63, 3.8) is 0 Å². The first kappa shape index (κ1) is 25.5. The van der Waals surface area contributed by atoms with Crippen molar-refractivity contribution in [2.45, 2.75) is 18.9 Å². The number of carbonyl (C=O) groups is 1. The highest BCUT2D eigenvalue weighted by Crippen LogP contribution is 2.38. The van der Waals surface area contributed by atoms with Crippen molar-refractivity contribution < 1.29 is 58.5 Å². The molecular weight excluding hydrogens is 505 g/mol. The van der Waals surface area contributed by atoms with Crippen molar-refractivity contribution in [2.24, 2.45) is 0 Å². The summed E-state index contributed by atoms with van der Waals surface area (Å²) in [5, 5.41) is 5.26. The van der Waals surface area contributed by atoms with Gasteiger partial charge in [-0.25, -0.2) is 9.48 Å². The Labute approximate surface area is 188 Å². The van der Waals surface area contributed by atoms with Crippen LogP contribution in [-0.2, 0) is 6.18 Å². The Morgan fingerprint density at radius 1 is 0.800 bits per heavy atom. The topological polar surface area (TPSA) is 74.6 Å². The minimum absolute atomic E-state index is 0.237. The van der Waals surface area contributed by atoms with E-state index in [2.05, 4.69) is 19.3 Å². The number of aromatic nitrogens is 2. The van der Waals surface area contributed by atoms with Gasteiger partial charge in [-0.1, -0.05) is 12.1 Å². The van der Waals surface area contributed by atoms with Gasteiger partial charge in [0.1, 0.15) is 5.75 Å². The summed E-state index contributed by atoms with van der Waals surface area (Å²) in [6.45, 7) is 0. The van der Waals surface area contributed by atoms with Crippen LogP contribution >= 0.6 is 0 Å². The SMILES string of the molecule is O=C(Nc1ccccc1OC(F)(F)F)Oc1cnn(-c2ccc(OC(F)(F)F)cc2)c1C(F)(F)F. The molecule has 188 valence electrons. The number of benzene rings is 2. The predicted molar refractivity (Wildman–Crippen MR) is 98.0 cm³/mol. The fraction of sp³-hybridized carbons (Fsp3) is 0.158. The molecule has 2 aromatic carbocycles. The minimum atomic E-state index is -5.18. The van der Waals surface area contributed by atoms with Gasteiger partial charge in [0, 0.05) is 0 Å². The normalized spacial score (nSPS) is 12.3. The summed E-state index contributed by atoms with van der Waals surface area (Å²) in [7, 11) is 0. The van der Waals surface area contributed by atoms with E-state index in [-0.39, 0.29) is 10.4 Å². The lowest BCUT2D eigenvalue weighted by atomic mass is 10.3. The van der Waals surface area contributed by atoms with Gasteiger partial charge in [0.25, 0.3) is 0 Å². The second-order valence-electron chi connectivity index (χ2n) is 6.37. The first-order chi connectivity index (χ1) is 16.1. The number of alkyl halides is 9. The Morgan fingerprint density at radius 2 is 1.40 bits per heavy atom. The van der Waals surface area contributed by atoms with Gasteiger partial charge in [0.05, 0.1) is 17.6 Å². The quantitative estimate of drug-likeness (QED) is 0.404. The van der Waals surface area contributed by atoms with E-state index in [0.29, 0.717) is 6.20 Å². The molecule has 1 heterocycles. The van der Waals surface area contributed by atoms with Gasteiger partial charge in [-0.2, -0.15) is 18.3 Å². The molecule has 0 atom stereocenters. The summed E-state index contributed by atoms with van der Waals surface area (Å²) < 4.78 is 127. The summed E-state index contributed by atoms with van der Waals surface area (Å²) in [5.41, 5.74) is -2.56. The molecule has 16 heteroatoms. The zero-order valence-electron chi connectivity index (χ0n) is 16.6. The van der Waals surface area contributed by atoms with Crippen LogP contribution in [0.1, 0.15) is 5.69 Å². The number of carbonyl (C=O) groups excluding carboxylic acids is 1. The number of nitrogens with one attached hydrogen (secondary N) is 1. The summed E-state index contributed by atoms with van der Waals surface area (Å²) in [6, 6.07) is 7.30. The molecule has 1 aromatic heterocycles. The van der Waals surface area contributed by atoms with E-state index in [1.807, 2.05) is 5.32 Å². The van der Waals surface area contributed by atoms with Crippen molar-refractivity contribution >= 4 is 11.8 Å². The molecule has 0 saturated carbocycles. The van der Waals surface area contributed by atoms with Gasteiger partial charge in [-0.3, -0.25) is 5.32 Å². The highest BCUT2D eigenvalue weighted by Gasteiger charge is 2.41. The van der Waals surface area contributed by atoms with E-state index >= 15 is 0 Å². The Hall–Kier alpha value is -4.11. The number of amides is 1. The van der Waals surface area contributed by atoms with E-state index < -0.39 is 53.6 Å². The maximum absolute atomic E-state index is 13.7. The van der Waals surface area contributed by atoms with Crippen molar-refractivity contribution in [1.82, 2.24) is 9.78 Å². The van der Waals surface area contributed by atoms with Gasteiger partial charge in [0.15, 0.2) is 17.2 Å². The van der Waals surface area contributed by atoms with Crippen LogP contribution in [0.3, 0.4) is 0 Å². The second-order valence-corrected chi connectivity index (χ2v) is 6.37. The van der Waals surface area contributed by atoms with Crippen LogP contribution in [0.25, 0.3) is 5.69 Å². The molecular formula is C19H10F9N3O4. The summed E-state index contributed by atoms with van der Waals surface area (Å²) in [4.78, 5) is 12.1. The van der Waals surface area contributed by atoms with Gasteiger partial charge in [-0.15, -0.1) is 26.3 Å². The van der Waals surface area contributed by atoms with Gasteiger partial charge in [0.2, 0.25) is 0 Å². The zero-order valence-corrected chi connectivity index (χ0v) is 16.6. The highest BCUT2D eigenvalue weighted by molar-refractivity contribution is 5.88. The first-order valence-electron chi connectivity index (χ1n) is 8.97. The molecule has 0 aliphatic rings. The monoisotopic (exact) mass is 515 g/mol. The second kappa shape index (κ2) is 9.27. The average Bonchev–Trinajstić information content (AvgIpc) is 3.11. The van der Waals surface area contributed by atoms with E-state index in [1.54, 1.807) is 0 Å². The zero-order chi connectivity index (χ0) is 26.0. The van der Waals surface area contributed by atoms with Crippen LogP contribution < -0.4 is 19.5 Å². The Bertz CT molecular complexity index is 1190. The van der Waals surface area contributed by atoms with Crippen molar-refractivity contribution in [3.05, 3.63) is 60.4 Å². The average molecular weight is 515 g/mol. The molecule has 0 aliphatic heterocycles. The van der Waals surface area contributed by atoms with Gasteiger partial charge in [-0.05, 0) is 36.4 Å². The molecule has 0 aliphatic carbocycles. The predicted octanol–water partition coefficient (Wildman–Crippen LogP) is 6.30. The molecule has 1 amide bonds. The van der Waals surface area contributed by atoms with Crippen LogP contribution in [0, 0.1) is 0 Å². The number of halogens is 9. The van der Waals surface area contributed by atoms with Crippen molar-refractivity contribution in [1.29, 1.82) is 0 Å².